The van der Waals surface area contributed by atoms with E-state index in [1.54, 1.807) is 20.0 Å². The molecule has 0 aliphatic heterocycles. The van der Waals surface area contributed by atoms with Crippen molar-refractivity contribution < 1.29 is 19.4 Å². The number of aliphatic hydroxyl groups is 1. The number of anilines is 2. The maximum absolute atomic E-state index is 13.5. The lowest BCUT2D eigenvalue weighted by molar-refractivity contribution is -0.144. The Labute approximate surface area is 195 Å². The van der Waals surface area contributed by atoms with Gasteiger partial charge in [0.1, 0.15) is 10.6 Å². The highest BCUT2D eigenvalue weighted by Gasteiger charge is 2.40. The van der Waals surface area contributed by atoms with Gasteiger partial charge in [0.2, 0.25) is 5.95 Å². The molecule has 0 bridgehead atoms. The Hall–Kier alpha value is -2.98. The first-order valence-electron chi connectivity index (χ1n) is 10.8. The van der Waals surface area contributed by atoms with Crippen molar-refractivity contribution in [1.29, 1.82) is 0 Å². The number of thiazole rings is 1. The zero-order valence-electron chi connectivity index (χ0n) is 18.7. The number of hydrogen-bond donors (Lipinski definition) is 3. The fraction of sp³-hybridized carbons (Fsp3) is 0.435. The van der Waals surface area contributed by atoms with Crippen molar-refractivity contribution in [3.8, 4) is 10.6 Å². The maximum Gasteiger partial charge on any atom is 0.306 e. The van der Waals surface area contributed by atoms with E-state index < -0.39 is 17.4 Å². The Morgan fingerprint density at radius 3 is 2.55 bits per heavy atom. The van der Waals surface area contributed by atoms with E-state index in [1.807, 2.05) is 19.1 Å². The van der Waals surface area contributed by atoms with E-state index in [0.717, 1.165) is 16.8 Å². The van der Waals surface area contributed by atoms with Gasteiger partial charge in [-0.3, -0.25) is 9.78 Å². The predicted molar refractivity (Wildman–Crippen MR) is 123 cm³/mol. The second-order valence-corrected chi connectivity index (χ2v) is 9.73. The van der Waals surface area contributed by atoms with Crippen LogP contribution < -0.4 is 5.32 Å². The third-order valence-electron chi connectivity index (χ3n) is 6.19. The molecule has 0 saturated heterocycles. The molecule has 3 heterocycles. The second kappa shape index (κ2) is 9.11. The summed E-state index contributed by atoms with van der Waals surface area (Å²) in [5, 5.41) is 24.2. The molecule has 8 nitrogen and oxygen atoms in total. The van der Waals surface area contributed by atoms with Gasteiger partial charge in [-0.25, -0.2) is 19.3 Å². The van der Waals surface area contributed by atoms with Gasteiger partial charge in [0.05, 0.1) is 28.4 Å². The number of carbonyl (C=O) groups is 1. The third kappa shape index (κ3) is 5.01. The SMILES string of the molecule is Cc1cc(Nc2ncc(F)c(C)n2)cc(-c2cnc([C@](C)(O)C3CCC(C(=O)O)CC3)s2)n1. The number of nitrogens with zero attached hydrogens (tertiary/aromatic N) is 4. The first-order valence-corrected chi connectivity index (χ1v) is 11.6. The summed E-state index contributed by atoms with van der Waals surface area (Å²) in [5.41, 5.74) is 1.27. The highest BCUT2D eigenvalue weighted by atomic mass is 32.1. The minimum atomic E-state index is -1.14. The molecule has 1 aliphatic rings. The lowest BCUT2D eigenvalue weighted by Crippen LogP contribution is -2.35. The van der Waals surface area contributed by atoms with Crippen LogP contribution in [0.15, 0.2) is 24.5 Å². The lowest BCUT2D eigenvalue weighted by atomic mass is 9.74. The molecule has 1 fully saturated rings. The standard InChI is InChI=1S/C23H26FN5O3S/c1-12-8-16(29-22-26-10-17(24)13(2)28-22)9-18(27-12)19-11-25-21(33-19)23(3,32)15-6-4-14(5-7-15)20(30)31/h8-11,14-15,32H,4-7H2,1-3H3,(H,30,31)(H,26,27,28,29)/t14?,15?,23-/m1/s1. The van der Waals surface area contributed by atoms with Gasteiger partial charge in [0.25, 0.3) is 0 Å². The third-order valence-corrected chi connectivity index (χ3v) is 7.44. The van der Waals surface area contributed by atoms with Gasteiger partial charge in [-0.2, -0.15) is 0 Å². The molecule has 3 aromatic rings. The Bertz CT molecular complexity index is 1170. The van der Waals surface area contributed by atoms with Gasteiger partial charge >= 0.3 is 5.97 Å². The zero-order valence-corrected chi connectivity index (χ0v) is 19.5. The van der Waals surface area contributed by atoms with Crippen molar-refractivity contribution in [1.82, 2.24) is 19.9 Å². The van der Waals surface area contributed by atoms with Crippen molar-refractivity contribution in [3.05, 3.63) is 46.7 Å². The van der Waals surface area contributed by atoms with Crippen molar-refractivity contribution in [2.45, 2.75) is 52.1 Å². The molecule has 1 atom stereocenters. The van der Waals surface area contributed by atoms with E-state index in [0.29, 0.717) is 42.1 Å². The summed E-state index contributed by atoms with van der Waals surface area (Å²) >= 11 is 1.37. The molecule has 0 radical (unpaired) electrons. The molecular weight excluding hydrogens is 445 g/mol. The van der Waals surface area contributed by atoms with Crippen LogP contribution in [-0.4, -0.2) is 36.1 Å². The summed E-state index contributed by atoms with van der Waals surface area (Å²) in [4.78, 5) is 29.2. The molecule has 0 aromatic carbocycles. The van der Waals surface area contributed by atoms with Crippen LogP contribution >= 0.6 is 11.3 Å². The molecule has 3 N–H and O–H groups in total. The highest BCUT2D eigenvalue weighted by Crippen LogP contribution is 2.43. The number of halogens is 1. The summed E-state index contributed by atoms with van der Waals surface area (Å²) in [6.07, 6.45) is 5.24. The Balaban J connectivity index is 1.54. The number of rotatable bonds is 6. The van der Waals surface area contributed by atoms with Crippen LogP contribution in [0.3, 0.4) is 0 Å². The molecule has 1 aliphatic carbocycles. The number of carboxylic acids is 1. The Kier molecular flexibility index (Phi) is 6.40. The fourth-order valence-electron chi connectivity index (χ4n) is 4.21. The van der Waals surface area contributed by atoms with Crippen molar-refractivity contribution in [2.75, 3.05) is 5.32 Å². The van der Waals surface area contributed by atoms with Crippen molar-refractivity contribution >= 4 is 28.9 Å². The first-order chi connectivity index (χ1) is 15.6. The highest BCUT2D eigenvalue weighted by molar-refractivity contribution is 7.15. The lowest BCUT2D eigenvalue weighted by Gasteiger charge is -2.35. The van der Waals surface area contributed by atoms with Crippen LogP contribution in [0.2, 0.25) is 0 Å². The Morgan fingerprint density at radius 1 is 1.15 bits per heavy atom. The van der Waals surface area contributed by atoms with Gasteiger partial charge in [-0.05, 0) is 64.5 Å². The number of aliphatic carboxylic acids is 1. The van der Waals surface area contributed by atoms with Gasteiger partial charge in [-0.1, -0.05) is 0 Å². The second-order valence-electron chi connectivity index (χ2n) is 8.70. The molecule has 0 spiro atoms. The normalized spacial score (nSPS) is 20.3. The minimum absolute atomic E-state index is 0.0475. The van der Waals surface area contributed by atoms with Crippen molar-refractivity contribution in [3.63, 3.8) is 0 Å². The largest absolute Gasteiger partial charge is 0.481 e. The van der Waals surface area contributed by atoms with Gasteiger partial charge < -0.3 is 15.5 Å². The van der Waals surface area contributed by atoms with E-state index >= 15 is 0 Å². The molecule has 1 saturated carbocycles. The van der Waals surface area contributed by atoms with E-state index in [-0.39, 0.29) is 23.5 Å². The number of nitrogens with one attached hydrogen (secondary N) is 1. The average Bonchev–Trinajstić information content (AvgIpc) is 3.27. The molecule has 10 heteroatoms. The number of hydrogen-bond acceptors (Lipinski definition) is 8. The maximum atomic E-state index is 13.5. The smallest absolute Gasteiger partial charge is 0.306 e. The molecule has 33 heavy (non-hydrogen) atoms. The molecule has 0 amide bonds. The van der Waals surface area contributed by atoms with E-state index in [1.165, 1.54) is 11.3 Å². The molecular formula is C23H26FN5O3S. The van der Waals surface area contributed by atoms with Crippen LogP contribution in [-0.2, 0) is 10.4 Å². The van der Waals surface area contributed by atoms with Crippen LogP contribution in [0.25, 0.3) is 10.6 Å². The van der Waals surface area contributed by atoms with E-state index in [2.05, 4.69) is 25.3 Å². The summed E-state index contributed by atoms with van der Waals surface area (Å²) in [5.74, 6) is -1.32. The quantitative estimate of drug-likeness (QED) is 0.477. The molecule has 4 rings (SSSR count). The van der Waals surface area contributed by atoms with Gasteiger partial charge in [0.15, 0.2) is 5.82 Å². The first kappa shape index (κ1) is 23.2. The summed E-state index contributed by atoms with van der Waals surface area (Å²) < 4.78 is 13.5. The van der Waals surface area contributed by atoms with Gasteiger partial charge in [-0.15, -0.1) is 11.3 Å². The van der Waals surface area contributed by atoms with Crippen LogP contribution in [0.4, 0.5) is 16.0 Å². The number of pyridine rings is 1. The number of carboxylic acid groups (broad SMARTS) is 1. The van der Waals surface area contributed by atoms with Crippen LogP contribution in [0.5, 0.6) is 0 Å². The van der Waals surface area contributed by atoms with Crippen LogP contribution in [0, 0.1) is 31.5 Å². The zero-order chi connectivity index (χ0) is 23.8. The van der Waals surface area contributed by atoms with Gasteiger partial charge in [0, 0.05) is 17.6 Å². The summed E-state index contributed by atoms with van der Waals surface area (Å²) in [6, 6.07) is 3.67. The topological polar surface area (TPSA) is 121 Å². The summed E-state index contributed by atoms with van der Waals surface area (Å²) in [7, 11) is 0. The van der Waals surface area contributed by atoms with E-state index in [4.69, 9.17) is 0 Å². The van der Waals surface area contributed by atoms with E-state index in [9.17, 15) is 19.4 Å². The Morgan fingerprint density at radius 2 is 1.88 bits per heavy atom. The fourth-order valence-corrected chi connectivity index (χ4v) is 5.21. The average molecular weight is 472 g/mol. The monoisotopic (exact) mass is 471 g/mol. The number of aryl methyl sites for hydroxylation is 2. The number of aromatic nitrogens is 4. The predicted octanol–water partition coefficient (Wildman–Crippen LogP) is 4.59. The summed E-state index contributed by atoms with van der Waals surface area (Å²) in [6.45, 7) is 5.20. The van der Waals surface area contributed by atoms with Crippen molar-refractivity contribution in [2.24, 2.45) is 11.8 Å². The molecule has 3 aromatic heterocycles. The minimum Gasteiger partial charge on any atom is -0.481 e. The molecule has 174 valence electrons. The van der Waals surface area contributed by atoms with Crippen LogP contribution in [0.1, 0.15) is 49.0 Å². The molecule has 0 unspecified atom stereocenters.